The van der Waals surface area contributed by atoms with Gasteiger partial charge in [0.05, 0.1) is 0 Å². The minimum atomic E-state index is 0.930. The van der Waals surface area contributed by atoms with Gasteiger partial charge in [0.2, 0.25) is 0 Å². The van der Waals surface area contributed by atoms with Crippen LogP contribution in [0.1, 0.15) is 16.7 Å². The van der Waals surface area contributed by atoms with Crippen LogP contribution < -0.4 is 5.32 Å². The van der Waals surface area contributed by atoms with E-state index in [1.165, 1.54) is 16.7 Å². The smallest absolute Gasteiger partial charge is 0.0230 e. The molecule has 0 radical (unpaired) electrons. The van der Waals surface area contributed by atoms with E-state index in [4.69, 9.17) is 0 Å². The number of nitrogens with zero attached hydrogens (tertiary/aromatic N) is 1. The van der Waals surface area contributed by atoms with Gasteiger partial charge >= 0.3 is 0 Å². The molecule has 0 aliphatic heterocycles. The molecule has 1 heterocycles. The van der Waals surface area contributed by atoms with Gasteiger partial charge in [-0.2, -0.15) is 11.3 Å². The maximum atomic E-state index is 3.51. The van der Waals surface area contributed by atoms with Gasteiger partial charge in [-0.15, -0.1) is 0 Å². The molecule has 0 spiro atoms. The van der Waals surface area contributed by atoms with Crippen LogP contribution in [0, 0.1) is 0 Å². The highest BCUT2D eigenvalue weighted by Crippen LogP contribution is 2.11. The Morgan fingerprint density at radius 3 is 2.50 bits per heavy atom. The molecule has 18 heavy (non-hydrogen) atoms. The summed E-state index contributed by atoms with van der Waals surface area (Å²) >= 11 is 1.75. The highest BCUT2D eigenvalue weighted by molar-refractivity contribution is 7.07. The molecule has 0 aliphatic carbocycles. The fraction of sp³-hybridized carbons (Fsp3) is 0.333. The summed E-state index contributed by atoms with van der Waals surface area (Å²) in [5, 5.41) is 7.82. The van der Waals surface area contributed by atoms with E-state index in [0.717, 1.165) is 19.6 Å². The quantitative estimate of drug-likeness (QED) is 0.858. The molecular weight excluding hydrogens is 240 g/mol. The lowest BCUT2D eigenvalue weighted by Crippen LogP contribution is -2.17. The van der Waals surface area contributed by atoms with Gasteiger partial charge in [0.15, 0.2) is 0 Å². The number of hydrogen-bond acceptors (Lipinski definition) is 3. The molecular formula is C15H20N2S. The van der Waals surface area contributed by atoms with Gasteiger partial charge < -0.3 is 10.2 Å². The molecule has 96 valence electrons. The van der Waals surface area contributed by atoms with Crippen molar-refractivity contribution >= 4 is 11.3 Å². The van der Waals surface area contributed by atoms with E-state index >= 15 is 0 Å². The molecule has 1 aromatic heterocycles. The monoisotopic (exact) mass is 260 g/mol. The number of rotatable bonds is 6. The van der Waals surface area contributed by atoms with Crippen molar-refractivity contribution in [1.82, 2.24) is 10.2 Å². The average molecular weight is 260 g/mol. The van der Waals surface area contributed by atoms with Crippen molar-refractivity contribution in [3.63, 3.8) is 0 Å². The Balaban J connectivity index is 1.92. The van der Waals surface area contributed by atoms with E-state index in [1.54, 1.807) is 11.3 Å². The zero-order valence-electron chi connectivity index (χ0n) is 11.0. The molecule has 2 aromatic rings. The van der Waals surface area contributed by atoms with Crippen LogP contribution in [0.15, 0.2) is 41.1 Å². The zero-order chi connectivity index (χ0) is 12.8. The van der Waals surface area contributed by atoms with Crippen LogP contribution >= 0.6 is 11.3 Å². The van der Waals surface area contributed by atoms with E-state index in [9.17, 15) is 0 Å². The number of nitrogens with one attached hydrogen (secondary N) is 1. The fourth-order valence-corrected chi connectivity index (χ4v) is 2.63. The van der Waals surface area contributed by atoms with Crippen LogP contribution in [0.3, 0.4) is 0 Å². The Kier molecular flexibility index (Phi) is 4.93. The molecule has 0 bridgehead atoms. The van der Waals surface area contributed by atoms with Gasteiger partial charge in [-0.25, -0.2) is 0 Å². The third-order valence-corrected chi connectivity index (χ3v) is 3.56. The van der Waals surface area contributed by atoms with Crippen LogP contribution in [0.2, 0.25) is 0 Å². The molecule has 0 fully saturated rings. The summed E-state index contributed by atoms with van der Waals surface area (Å²) in [6.45, 7) is 2.87. The summed E-state index contributed by atoms with van der Waals surface area (Å²) in [7, 11) is 4.21. The summed E-state index contributed by atoms with van der Waals surface area (Å²) in [4.78, 5) is 2.21. The first-order valence-electron chi connectivity index (χ1n) is 6.19. The van der Waals surface area contributed by atoms with Crippen molar-refractivity contribution in [3.05, 3.63) is 57.8 Å². The highest BCUT2D eigenvalue weighted by atomic mass is 32.1. The number of hydrogen-bond donors (Lipinski definition) is 1. The summed E-state index contributed by atoms with van der Waals surface area (Å²) in [5.41, 5.74) is 4.16. The minimum absolute atomic E-state index is 0.930. The first kappa shape index (κ1) is 13.3. The van der Waals surface area contributed by atoms with Crippen LogP contribution in [-0.2, 0) is 19.6 Å². The van der Waals surface area contributed by atoms with Gasteiger partial charge in [-0.1, -0.05) is 24.3 Å². The summed E-state index contributed by atoms with van der Waals surface area (Å²) in [6.07, 6.45) is 0. The SMILES string of the molecule is CN(C)Cc1ccccc1CNCc1ccsc1. The summed E-state index contributed by atoms with van der Waals surface area (Å²) < 4.78 is 0. The molecule has 0 amide bonds. The standard InChI is InChI=1S/C15H20N2S/c1-17(2)11-15-6-4-3-5-14(15)10-16-9-13-7-8-18-12-13/h3-8,12,16H,9-11H2,1-2H3. The van der Waals surface area contributed by atoms with Crippen molar-refractivity contribution in [2.24, 2.45) is 0 Å². The van der Waals surface area contributed by atoms with E-state index in [-0.39, 0.29) is 0 Å². The first-order chi connectivity index (χ1) is 8.75. The molecule has 2 nitrogen and oxygen atoms in total. The second-order valence-corrected chi connectivity index (χ2v) is 5.52. The summed E-state index contributed by atoms with van der Waals surface area (Å²) in [6, 6.07) is 10.8. The van der Waals surface area contributed by atoms with E-state index in [0.29, 0.717) is 0 Å². The first-order valence-corrected chi connectivity index (χ1v) is 7.13. The Morgan fingerprint density at radius 2 is 1.83 bits per heavy atom. The highest BCUT2D eigenvalue weighted by Gasteiger charge is 2.02. The van der Waals surface area contributed by atoms with Crippen LogP contribution in [0.4, 0.5) is 0 Å². The Hall–Kier alpha value is -1.16. The van der Waals surface area contributed by atoms with Gasteiger partial charge in [-0.05, 0) is 47.6 Å². The van der Waals surface area contributed by atoms with Gasteiger partial charge in [0, 0.05) is 19.6 Å². The molecule has 2 rings (SSSR count). The van der Waals surface area contributed by atoms with Gasteiger partial charge in [-0.3, -0.25) is 0 Å². The third kappa shape index (κ3) is 3.95. The topological polar surface area (TPSA) is 15.3 Å². The van der Waals surface area contributed by atoms with Crippen LogP contribution in [-0.4, -0.2) is 19.0 Å². The molecule has 1 N–H and O–H groups in total. The van der Waals surface area contributed by atoms with Gasteiger partial charge in [0.1, 0.15) is 0 Å². The van der Waals surface area contributed by atoms with Crippen molar-refractivity contribution in [1.29, 1.82) is 0 Å². The second-order valence-electron chi connectivity index (χ2n) is 4.74. The Bertz CT molecular complexity index is 463. The van der Waals surface area contributed by atoms with Crippen molar-refractivity contribution in [2.45, 2.75) is 19.6 Å². The largest absolute Gasteiger partial charge is 0.309 e. The minimum Gasteiger partial charge on any atom is -0.309 e. The zero-order valence-corrected chi connectivity index (χ0v) is 11.8. The van der Waals surface area contributed by atoms with E-state index < -0.39 is 0 Å². The molecule has 0 atom stereocenters. The van der Waals surface area contributed by atoms with Crippen LogP contribution in [0.5, 0.6) is 0 Å². The van der Waals surface area contributed by atoms with E-state index in [1.807, 2.05) is 0 Å². The van der Waals surface area contributed by atoms with E-state index in [2.05, 4.69) is 65.4 Å². The average Bonchev–Trinajstić information content (AvgIpc) is 2.84. The molecule has 0 unspecified atom stereocenters. The molecule has 0 aliphatic rings. The normalized spacial score (nSPS) is 11.1. The maximum absolute atomic E-state index is 3.51. The number of thiophene rings is 1. The maximum Gasteiger partial charge on any atom is 0.0230 e. The lowest BCUT2D eigenvalue weighted by molar-refractivity contribution is 0.400. The number of benzene rings is 1. The predicted molar refractivity (Wildman–Crippen MR) is 78.7 cm³/mol. The summed E-state index contributed by atoms with van der Waals surface area (Å²) in [5.74, 6) is 0. The molecule has 0 saturated carbocycles. The predicted octanol–water partition coefficient (Wildman–Crippen LogP) is 3.10. The van der Waals surface area contributed by atoms with Crippen molar-refractivity contribution in [3.8, 4) is 0 Å². The fourth-order valence-electron chi connectivity index (χ4n) is 1.96. The Labute approximate surface area is 113 Å². The lowest BCUT2D eigenvalue weighted by atomic mass is 10.1. The Morgan fingerprint density at radius 1 is 1.06 bits per heavy atom. The van der Waals surface area contributed by atoms with Crippen molar-refractivity contribution in [2.75, 3.05) is 14.1 Å². The molecule has 1 aromatic carbocycles. The lowest BCUT2D eigenvalue weighted by Gasteiger charge is -2.14. The molecule has 0 saturated heterocycles. The second kappa shape index (κ2) is 6.69. The third-order valence-electron chi connectivity index (χ3n) is 2.83. The van der Waals surface area contributed by atoms with Gasteiger partial charge in [0.25, 0.3) is 0 Å². The molecule has 3 heteroatoms. The van der Waals surface area contributed by atoms with Crippen molar-refractivity contribution < 1.29 is 0 Å². The van der Waals surface area contributed by atoms with Crippen LogP contribution in [0.25, 0.3) is 0 Å².